The molecule has 0 spiro atoms. The lowest BCUT2D eigenvalue weighted by Crippen LogP contribution is -2.43. The van der Waals surface area contributed by atoms with Gasteiger partial charge in [-0.2, -0.15) is 4.31 Å². The highest BCUT2D eigenvalue weighted by atomic mass is 32.2. The van der Waals surface area contributed by atoms with Gasteiger partial charge in [0.1, 0.15) is 0 Å². The maximum absolute atomic E-state index is 12.9. The Kier molecular flexibility index (Phi) is 6.76. The number of hydrogen-bond donors (Lipinski definition) is 0. The fourth-order valence-corrected chi connectivity index (χ4v) is 5.89. The van der Waals surface area contributed by atoms with Crippen molar-refractivity contribution in [1.29, 1.82) is 0 Å². The minimum Gasteiger partial charge on any atom is -0.303 e. The molecule has 1 aromatic carbocycles. The summed E-state index contributed by atoms with van der Waals surface area (Å²) in [6, 6.07) is 7.48. The summed E-state index contributed by atoms with van der Waals surface area (Å²) in [4.78, 5) is 3.04. The standard InChI is InChI=1S/C21H34N2O2S/c1-3-5-19-7-9-21(10-8-19)26(24,25)23-14-11-20(12-15-23)17-22-13-4-6-18(2)16-22/h7-10,18,20H,3-6,11-17H2,1-2H3. The van der Waals surface area contributed by atoms with Gasteiger partial charge in [-0.1, -0.05) is 32.4 Å². The third-order valence-electron chi connectivity index (χ3n) is 5.93. The largest absolute Gasteiger partial charge is 0.303 e. The van der Waals surface area contributed by atoms with Crippen LogP contribution in [-0.2, 0) is 16.4 Å². The van der Waals surface area contributed by atoms with Gasteiger partial charge in [-0.05, 0) is 68.2 Å². The van der Waals surface area contributed by atoms with Crippen LogP contribution in [0, 0.1) is 11.8 Å². The monoisotopic (exact) mass is 378 g/mol. The topological polar surface area (TPSA) is 40.6 Å². The molecule has 5 heteroatoms. The second kappa shape index (κ2) is 8.85. The van der Waals surface area contributed by atoms with Crippen molar-refractivity contribution in [3.8, 4) is 0 Å². The van der Waals surface area contributed by atoms with Crippen molar-refractivity contribution >= 4 is 10.0 Å². The minimum absolute atomic E-state index is 0.445. The van der Waals surface area contributed by atoms with E-state index in [0.717, 1.165) is 38.1 Å². The van der Waals surface area contributed by atoms with E-state index >= 15 is 0 Å². The van der Waals surface area contributed by atoms with Crippen molar-refractivity contribution < 1.29 is 8.42 Å². The Labute approximate surface area is 159 Å². The third kappa shape index (κ3) is 4.87. The van der Waals surface area contributed by atoms with Crippen LogP contribution in [0.4, 0.5) is 0 Å². The molecule has 4 nitrogen and oxygen atoms in total. The molecular weight excluding hydrogens is 344 g/mol. The van der Waals surface area contributed by atoms with E-state index in [1.54, 1.807) is 16.4 Å². The summed E-state index contributed by atoms with van der Waals surface area (Å²) in [5.74, 6) is 1.44. The molecule has 2 aliphatic rings. The Bertz CT molecular complexity index is 664. The van der Waals surface area contributed by atoms with Crippen molar-refractivity contribution in [3.63, 3.8) is 0 Å². The van der Waals surface area contributed by atoms with Gasteiger partial charge in [0.25, 0.3) is 0 Å². The SMILES string of the molecule is CCCc1ccc(S(=O)(=O)N2CCC(CN3CCCC(C)C3)CC2)cc1. The number of nitrogens with zero attached hydrogens (tertiary/aromatic N) is 2. The molecule has 146 valence electrons. The lowest BCUT2D eigenvalue weighted by atomic mass is 9.94. The van der Waals surface area contributed by atoms with Crippen LogP contribution in [0.1, 0.15) is 51.5 Å². The highest BCUT2D eigenvalue weighted by Gasteiger charge is 2.30. The summed E-state index contributed by atoms with van der Waals surface area (Å²) < 4.78 is 27.5. The molecule has 1 atom stereocenters. The lowest BCUT2D eigenvalue weighted by molar-refractivity contribution is 0.136. The first-order valence-corrected chi connectivity index (χ1v) is 11.7. The Morgan fingerprint density at radius 1 is 1.04 bits per heavy atom. The van der Waals surface area contributed by atoms with Crippen LogP contribution < -0.4 is 0 Å². The maximum Gasteiger partial charge on any atom is 0.243 e. The molecule has 2 saturated heterocycles. The number of benzene rings is 1. The van der Waals surface area contributed by atoms with Crippen molar-refractivity contribution in [2.45, 2.75) is 57.3 Å². The van der Waals surface area contributed by atoms with Crippen LogP contribution in [0.15, 0.2) is 29.2 Å². The lowest BCUT2D eigenvalue weighted by Gasteiger charge is -2.37. The predicted molar refractivity (Wildman–Crippen MR) is 107 cm³/mol. The van der Waals surface area contributed by atoms with E-state index in [0.29, 0.717) is 23.9 Å². The number of aryl methyl sites for hydroxylation is 1. The van der Waals surface area contributed by atoms with E-state index in [1.165, 1.54) is 31.5 Å². The molecule has 26 heavy (non-hydrogen) atoms. The van der Waals surface area contributed by atoms with Crippen LogP contribution in [0.3, 0.4) is 0 Å². The smallest absolute Gasteiger partial charge is 0.243 e. The van der Waals surface area contributed by atoms with E-state index in [9.17, 15) is 8.42 Å². The molecule has 0 bridgehead atoms. The fourth-order valence-electron chi connectivity index (χ4n) is 4.42. The van der Waals surface area contributed by atoms with Crippen LogP contribution in [0.2, 0.25) is 0 Å². The van der Waals surface area contributed by atoms with Gasteiger partial charge in [-0.15, -0.1) is 0 Å². The van der Waals surface area contributed by atoms with Crippen LogP contribution in [-0.4, -0.2) is 50.3 Å². The first kappa shape index (κ1) is 19.8. The number of hydrogen-bond acceptors (Lipinski definition) is 3. The molecule has 0 aliphatic carbocycles. The number of rotatable bonds is 6. The van der Waals surface area contributed by atoms with E-state index in [-0.39, 0.29) is 0 Å². The molecule has 2 aliphatic heterocycles. The molecule has 1 unspecified atom stereocenters. The van der Waals surface area contributed by atoms with Gasteiger partial charge in [0.05, 0.1) is 4.90 Å². The van der Waals surface area contributed by atoms with Gasteiger partial charge in [-0.3, -0.25) is 0 Å². The first-order chi connectivity index (χ1) is 12.5. The number of likely N-dealkylation sites (tertiary alicyclic amines) is 1. The van der Waals surface area contributed by atoms with Crippen molar-refractivity contribution in [2.24, 2.45) is 11.8 Å². The number of sulfonamides is 1. The van der Waals surface area contributed by atoms with E-state index in [1.807, 2.05) is 12.1 Å². The van der Waals surface area contributed by atoms with Gasteiger partial charge < -0.3 is 4.90 Å². The second-order valence-corrected chi connectivity index (χ2v) is 10.2. The summed E-state index contributed by atoms with van der Waals surface area (Å²) in [7, 11) is -3.34. The highest BCUT2D eigenvalue weighted by molar-refractivity contribution is 7.89. The van der Waals surface area contributed by atoms with Gasteiger partial charge in [0.15, 0.2) is 0 Å². The average Bonchev–Trinajstić information content (AvgIpc) is 2.63. The predicted octanol–water partition coefficient (Wildman–Crippen LogP) is 3.77. The molecule has 1 aromatic rings. The van der Waals surface area contributed by atoms with E-state index in [2.05, 4.69) is 18.7 Å². The zero-order valence-electron chi connectivity index (χ0n) is 16.4. The molecule has 2 heterocycles. The molecule has 0 radical (unpaired) electrons. The molecule has 0 aromatic heterocycles. The van der Waals surface area contributed by atoms with E-state index in [4.69, 9.17) is 0 Å². The maximum atomic E-state index is 12.9. The molecule has 0 amide bonds. The molecule has 3 rings (SSSR count). The molecular formula is C21H34N2O2S. The summed E-state index contributed by atoms with van der Waals surface area (Å²) in [6.07, 6.45) is 6.71. The summed E-state index contributed by atoms with van der Waals surface area (Å²) >= 11 is 0. The summed E-state index contributed by atoms with van der Waals surface area (Å²) in [5, 5.41) is 0. The zero-order valence-corrected chi connectivity index (χ0v) is 17.2. The van der Waals surface area contributed by atoms with Crippen LogP contribution in [0.25, 0.3) is 0 Å². The third-order valence-corrected chi connectivity index (χ3v) is 7.84. The van der Waals surface area contributed by atoms with Crippen LogP contribution >= 0.6 is 0 Å². The fraction of sp³-hybridized carbons (Fsp3) is 0.714. The number of piperidine rings is 2. The van der Waals surface area contributed by atoms with Gasteiger partial charge in [-0.25, -0.2) is 8.42 Å². The minimum atomic E-state index is -3.34. The molecule has 0 saturated carbocycles. The normalized spacial score (nSPS) is 24.0. The van der Waals surface area contributed by atoms with Crippen LogP contribution in [0.5, 0.6) is 0 Å². The van der Waals surface area contributed by atoms with Gasteiger partial charge in [0, 0.05) is 26.2 Å². The second-order valence-electron chi connectivity index (χ2n) is 8.25. The first-order valence-electron chi connectivity index (χ1n) is 10.3. The Balaban J connectivity index is 1.54. The van der Waals surface area contributed by atoms with Crippen molar-refractivity contribution in [1.82, 2.24) is 9.21 Å². The van der Waals surface area contributed by atoms with Crippen molar-refractivity contribution in [2.75, 3.05) is 32.7 Å². The summed E-state index contributed by atoms with van der Waals surface area (Å²) in [6.45, 7) is 9.37. The highest BCUT2D eigenvalue weighted by Crippen LogP contribution is 2.26. The summed E-state index contributed by atoms with van der Waals surface area (Å²) in [5.41, 5.74) is 1.21. The van der Waals surface area contributed by atoms with Gasteiger partial charge >= 0.3 is 0 Å². The Hall–Kier alpha value is -0.910. The molecule has 0 N–H and O–H groups in total. The van der Waals surface area contributed by atoms with Crippen molar-refractivity contribution in [3.05, 3.63) is 29.8 Å². The van der Waals surface area contributed by atoms with Gasteiger partial charge in [0.2, 0.25) is 10.0 Å². The van der Waals surface area contributed by atoms with E-state index < -0.39 is 10.0 Å². The zero-order chi connectivity index (χ0) is 18.6. The molecule has 2 fully saturated rings. The Morgan fingerprint density at radius 3 is 2.35 bits per heavy atom. The quantitative estimate of drug-likeness (QED) is 0.756. The average molecular weight is 379 g/mol. The Morgan fingerprint density at radius 2 is 1.73 bits per heavy atom.